The topological polar surface area (TPSA) is 15.3 Å². The molecule has 0 amide bonds. The maximum Gasteiger partial charge on any atom is 0.416 e. The van der Waals surface area contributed by atoms with Crippen molar-refractivity contribution in [1.82, 2.24) is 10.2 Å². The molecule has 2 rings (SSSR count). The van der Waals surface area contributed by atoms with E-state index in [2.05, 4.69) is 5.32 Å². The van der Waals surface area contributed by atoms with Crippen molar-refractivity contribution in [2.24, 2.45) is 0 Å². The molecule has 26 heavy (non-hydrogen) atoms. The average molecular weight is 435 g/mol. The number of rotatable bonds is 3. The Kier molecular flexibility index (Phi) is 9.08. The second kappa shape index (κ2) is 9.38. The fraction of sp³-hybridized carbons (Fsp3) is 0.571. The summed E-state index contributed by atoms with van der Waals surface area (Å²) in [5.74, 6) is 0. The zero-order valence-electron chi connectivity index (χ0n) is 13.0. The van der Waals surface area contributed by atoms with E-state index in [1.54, 1.807) is 0 Å². The van der Waals surface area contributed by atoms with E-state index < -0.39 is 41.5 Å². The van der Waals surface area contributed by atoms with Crippen LogP contribution >= 0.6 is 24.8 Å². The van der Waals surface area contributed by atoms with Gasteiger partial charge in [-0.15, -0.1) is 24.8 Å². The van der Waals surface area contributed by atoms with E-state index in [0.717, 1.165) is 0 Å². The summed E-state index contributed by atoms with van der Waals surface area (Å²) in [4.78, 5) is 1.19. The van der Waals surface area contributed by atoms with Crippen molar-refractivity contribution in [3.05, 3.63) is 34.9 Å². The standard InChI is InChI=1S/C14H14F8N2.2ClH/c15-12(16)11(24-3-1-23-2-4-24)8-5-9(13(17,18)19)7-10(6-8)14(20,21)22;;/h5-7,11-12,23H,1-4H2;2*1H/t11-;;/m0../s1. The Morgan fingerprint density at radius 2 is 1.23 bits per heavy atom. The molecule has 12 heteroatoms. The summed E-state index contributed by atoms with van der Waals surface area (Å²) in [6.45, 7) is 0.863. The zero-order valence-corrected chi connectivity index (χ0v) is 14.6. The van der Waals surface area contributed by atoms with Crippen LogP contribution in [-0.2, 0) is 12.4 Å². The summed E-state index contributed by atoms with van der Waals surface area (Å²) in [6, 6.07) is -1.15. The molecule has 1 atom stereocenters. The number of hydrogen-bond donors (Lipinski definition) is 1. The molecule has 1 aromatic carbocycles. The fourth-order valence-corrected chi connectivity index (χ4v) is 2.63. The lowest BCUT2D eigenvalue weighted by atomic mass is 9.98. The quantitative estimate of drug-likeness (QED) is 0.688. The molecule has 152 valence electrons. The first-order valence-corrected chi connectivity index (χ1v) is 7.02. The second-order valence-corrected chi connectivity index (χ2v) is 5.40. The fourth-order valence-electron chi connectivity index (χ4n) is 2.63. The first-order chi connectivity index (χ1) is 11.0. The van der Waals surface area contributed by atoms with Crippen LogP contribution < -0.4 is 5.32 Å². The van der Waals surface area contributed by atoms with Gasteiger partial charge in [-0.2, -0.15) is 26.3 Å². The summed E-state index contributed by atoms with van der Waals surface area (Å²) in [5, 5.41) is 2.88. The number of nitrogens with zero attached hydrogens (tertiary/aromatic N) is 1. The molecule has 0 saturated carbocycles. The van der Waals surface area contributed by atoms with Gasteiger partial charge in [0.05, 0.1) is 17.2 Å². The lowest BCUT2D eigenvalue weighted by Crippen LogP contribution is -2.47. The van der Waals surface area contributed by atoms with Crippen molar-refractivity contribution >= 4 is 24.8 Å². The Hall–Kier alpha value is -0.840. The zero-order chi connectivity index (χ0) is 18.1. The summed E-state index contributed by atoms with van der Waals surface area (Å²) in [7, 11) is 0. The third-order valence-electron chi connectivity index (χ3n) is 3.74. The van der Waals surface area contributed by atoms with E-state index in [0.29, 0.717) is 25.2 Å². The minimum Gasteiger partial charge on any atom is -0.314 e. The van der Waals surface area contributed by atoms with E-state index in [1.807, 2.05) is 0 Å². The smallest absolute Gasteiger partial charge is 0.314 e. The third-order valence-corrected chi connectivity index (χ3v) is 3.74. The number of hydrogen-bond acceptors (Lipinski definition) is 2. The van der Waals surface area contributed by atoms with Crippen LogP contribution in [0.15, 0.2) is 18.2 Å². The molecular formula is C14H16Cl2F8N2. The van der Waals surface area contributed by atoms with Crippen LogP contribution in [0.25, 0.3) is 0 Å². The predicted octanol–water partition coefficient (Wildman–Crippen LogP) is 4.78. The Morgan fingerprint density at radius 1 is 0.808 bits per heavy atom. The predicted molar refractivity (Wildman–Crippen MR) is 84.1 cm³/mol. The largest absolute Gasteiger partial charge is 0.416 e. The highest BCUT2D eigenvalue weighted by atomic mass is 35.5. The highest BCUT2D eigenvalue weighted by molar-refractivity contribution is 5.85. The van der Waals surface area contributed by atoms with Crippen LogP contribution in [0.4, 0.5) is 35.1 Å². The van der Waals surface area contributed by atoms with Gasteiger partial charge in [-0.25, -0.2) is 8.78 Å². The molecule has 0 aliphatic carbocycles. The van der Waals surface area contributed by atoms with Crippen molar-refractivity contribution in [1.29, 1.82) is 0 Å². The average Bonchev–Trinajstić information content (AvgIpc) is 2.46. The molecule has 1 saturated heterocycles. The normalized spacial score (nSPS) is 17.4. The van der Waals surface area contributed by atoms with Crippen LogP contribution in [0.3, 0.4) is 0 Å². The molecular weight excluding hydrogens is 419 g/mol. The Morgan fingerprint density at radius 3 is 1.58 bits per heavy atom. The SMILES string of the molecule is Cl.Cl.FC(F)[C@H](c1cc(C(F)(F)F)cc(C(F)(F)F)c1)N1CCNCC1. The minimum atomic E-state index is -5.06. The van der Waals surface area contributed by atoms with Gasteiger partial charge in [-0.1, -0.05) is 0 Å². The van der Waals surface area contributed by atoms with E-state index in [4.69, 9.17) is 0 Å². The van der Waals surface area contributed by atoms with Crippen LogP contribution in [0.2, 0.25) is 0 Å². The number of alkyl halides is 8. The van der Waals surface area contributed by atoms with Crippen molar-refractivity contribution in [2.45, 2.75) is 24.8 Å². The first kappa shape index (κ1) is 25.2. The van der Waals surface area contributed by atoms with Crippen LogP contribution in [0.5, 0.6) is 0 Å². The number of benzene rings is 1. The van der Waals surface area contributed by atoms with Gasteiger partial charge in [0.2, 0.25) is 0 Å². The van der Waals surface area contributed by atoms with Crippen LogP contribution in [0.1, 0.15) is 22.7 Å². The maximum absolute atomic E-state index is 13.4. The van der Waals surface area contributed by atoms with Gasteiger partial charge in [-0.3, -0.25) is 4.90 Å². The molecule has 1 aliphatic heterocycles. The monoisotopic (exact) mass is 434 g/mol. The van der Waals surface area contributed by atoms with Gasteiger partial charge < -0.3 is 5.32 Å². The molecule has 0 aromatic heterocycles. The van der Waals surface area contributed by atoms with E-state index in [9.17, 15) is 35.1 Å². The molecule has 0 spiro atoms. The molecule has 1 heterocycles. The summed E-state index contributed by atoms with van der Waals surface area (Å²) < 4.78 is 104. The van der Waals surface area contributed by atoms with Gasteiger partial charge in [0.25, 0.3) is 6.43 Å². The van der Waals surface area contributed by atoms with Crippen LogP contribution in [-0.4, -0.2) is 37.5 Å². The van der Waals surface area contributed by atoms with E-state index in [1.165, 1.54) is 4.90 Å². The Balaban J connectivity index is 0.00000312. The molecule has 1 aliphatic rings. The van der Waals surface area contributed by atoms with Gasteiger partial charge in [-0.05, 0) is 23.8 Å². The highest BCUT2D eigenvalue weighted by Gasteiger charge is 2.39. The third kappa shape index (κ3) is 6.11. The number of halogens is 10. The lowest BCUT2D eigenvalue weighted by Gasteiger charge is -2.35. The van der Waals surface area contributed by atoms with Gasteiger partial charge in [0, 0.05) is 26.2 Å². The van der Waals surface area contributed by atoms with Crippen molar-refractivity contribution in [3.63, 3.8) is 0 Å². The minimum absolute atomic E-state index is 0. The van der Waals surface area contributed by atoms with Crippen molar-refractivity contribution in [2.75, 3.05) is 26.2 Å². The molecule has 0 radical (unpaired) electrons. The van der Waals surface area contributed by atoms with Crippen molar-refractivity contribution in [3.8, 4) is 0 Å². The molecule has 0 unspecified atom stereocenters. The summed E-state index contributed by atoms with van der Waals surface area (Å²) in [6.07, 6.45) is -13.2. The molecule has 1 aromatic rings. The van der Waals surface area contributed by atoms with Gasteiger partial charge in [0.1, 0.15) is 0 Å². The maximum atomic E-state index is 13.4. The highest BCUT2D eigenvalue weighted by Crippen LogP contribution is 2.39. The lowest BCUT2D eigenvalue weighted by molar-refractivity contribution is -0.143. The summed E-state index contributed by atoms with van der Waals surface area (Å²) >= 11 is 0. The van der Waals surface area contributed by atoms with Gasteiger partial charge >= 0.3 is 12.4 Å². The second-order valence-electron chi connectivity index (χ2n) is 5.40. The molecule has 2 nitrogen and oxygen atoms in total. The Labute approximate surface area is 156 Å². The first-order valence-electron chi connectivity index (χ1n) is 7.02. The van der Waals surface area contributed by atoms with Crippen molar-refractivity contribution < 1.29 is 35.1 Å². The molecule has 1 N–H and O–H groups in total. The van der Waals surface area contributed by atoms with Crippen LogP contribution in [0, 0.1) is 0 Å². The molecule has 0 bridgehead atoms. The number of nitrogens with one attached hydrogen (secondary N) is 1. The summed E-state index contributed by atoms with van der Waals surface area (Å²) in [5.41, 5.74) is -3.87. The van der Waals surface area contributed by atoms with E-state index in [-0.39, 0.29) is 44.0 Å². The molecule has 1 fully saturated rings. The number of piperazine rings is 1. The van der Waals surface area contributed by atoms with Gasteiger partial charge in [0.15, 0.2) is 0 Å². The van der Waals surface area contributed by atoms with E-state index >= 15 is 0 Å². The Bertz CT molecular complexity index is 539.